The lowest BCUT2D eigenvalue weighted by Gasteiger charge is -2.29. The fourth-order valence-corrected chi connectivity index (χ4v) is 3.05. The summed E-state index contributed by atoms with van der Waals surface area (Å²) in [6.45, 7) is 7.08. The Balaban J connectivity index is 1.78. The number of hydrogen-bond acceptors (Lipinski definition) is 4. The van der Waals surface area contributed by atoms with Gasteiger partial charge in [0.2, 0.25) is 0 Å². The van der Waals surface area contributed by atoms with Gasteiger partial charge >= 0.3 is 0 Å². The van der Waals surface area contributed by atoms with Gasteiger partial charge in [-0.2, -0.15) is 0 Å². The number of nitro groups is 1. The van der Waals surface area contributed by atoms with Crippen LogP contribution in [0.5, 0.6) is 0 Å². The largest absolute Gasteiger partial charge is 0.394 e. The second-order valence-electron chi connectivity index (χ2n) is 5.81. The van der Waals surface area contributed by atoms with Crippen molar-refractivity contribution in [3.63, 3.8) is 0 Å². The highest BCUT2D eigenvalue weighted by Crippen LogP contribution is 2.24. The molecule has 0 aliphatic carbocycles. The van der Waals surface area contributed by atoms with Gasteiger partial charge in [0, 0.05) is 11.6 Å². The van der Waals surface area contributed by atoms with Gasteiger partial charge in [-0.15, -0.1) is 0 Å². The Bertz CT molecular complexity index is 521. The van der Waals surface area contributed by atoms with E-state index in [2.05, 4.69) is 0 Å². The Kier molecular flexibility index (Phi) is 7.19. The maximum absolute atomic E-state index is 10.9. The van der Waals surface area contributed by atoms with E-state index in [0.29, 0.717) is 13.2 Å². The molecule has 128 valence electrons. The molecule has 1 fully saturated rings. The molecule has 1 heterocycles. The monoisotopic (exact) mass is 345 g/mol. The Labute approximate surface area is 140 Å². The number of hydrogen-bond donors (Lipinski definition) is 3. The molecule has 0 saturated carbocycles. The van der Waals surface area contributed by atoms with E-state index in [1.165, 1.54) is 9.80 Å². The normalized spacial score (nSPS) is 21.3. The van der Waals surface area contributed by atoms with Crippen LogP contribution in [0.15, 0.2) is 18.2 Å². The molecule has 0 aromatic heterocycles. The molecule has 1 aromatic carbocycles. The summed E-state index contributed by atoms with van der Waals surface area (Å²) < 4.78 is 5.30. The number of halogens is 1. The predicted molar refractivity (Wildman–Crippen MR) is 86.0 cm³/mol. The van der Waals surface area contributed by atoms with E-state index < -0.39 is 4.92 Å². The van der Waals surface area contributed by atoms with E-state index in [9.17, 15) is 10.1 Å². The quantitative estimate of drug-likeness (QED) is 0.306. The molecule has 7 nitrogen and oxygen atoms in total. The van der Waals surface area contributed by atoms with Crippen molar-refractivity contribution >= 4 is 17.3 Å². The van der Waals surface area contributed by atoms with Gasteiger partial charge in [-0.05, 0) is 6.07 Å². The predicted octanol–water partition coefficient (Wildman–Crippen LogP) is -1.46. The van der Waals surface area contributed by atoms with Crippen LogP contribution in [0.1, 0.15) is 5.56 Å². The number of rotatable bonds is 8. The summed E-state index contributed by atoms with van der Waals surface area (Å²) in [5, 5.41) is 19.8. The maximum Gasteiger partial charge on any atom is 0.288 e. The first-order valence-corrected chi connectivity index (χ1v) is 8.26. The van der Waals surface area contributed by atoms with Crippen molar-refractivity contribution < 1.29 is 24.6 Å². The average molecular weight is 346 g/mol. The maximum atomic E-state index is 10.9. The lowest BCUT2D eigenvalue weighted by Crippen LogP contribution is -3.27. The molecule has 0 radical (unpaired) electrons. The first-order valence-electron chi connectivity index (χ1n) is 7.88. The van der Waals surface area contributed by atoms with Crippen LogP contribution in [0.3, 0.4) is 0 Å². The van der Waals surface area contributed by atoms with Crippen LogP contribution in [0.25, 0.3) is 0 Å². The van der Waals surface area contributed by atoms with Gasteiger partial charge in [0.1, 0.15) is 44.3 Å². The smallest absolute Gasteiger partial charge is 0.288 e. The van der Waals surface area contributed by atoms with E-state index >= 15 is 0 Å². The fourth-order valence-electron chi connectivity index (χ4n) is 2.86. The average Bonchev–Trinajstić information content (AvgIpc) is 2.54. The van der Waals surface area contributed by atoms with Gasteiger partial charge in [0.15, 0.2) is 0 Å². The van der Waals surface area contributed by atoms with Crippen LogP contribution in [0.2, 0.25) is 5.02 Å². The van der Waals surface area contributed by atoms with Crippen molar-refractivity contribution in [2.75, 3.05) is 52.5 Å². The fraction of sp³-hybridized carbons (Fsp3) is 0.600. The molecule has 0 bridgehead atoms. The zero-order valence-corrected chi connectivity index (χ0v) is 13.8. The molecule has 1 aliphatic rings. The summed E-state index contributed by atoms with van der Waals surface area (Å²) in [6, 6.07) is 5.05. The van der Waals surface area contributed by atoms with Crippen LogP contribution in [0.4, 0.5) is 5.69 Å². The van der Waals surface area contributed by atoms with Crippen molar-refractivity contribution in [3.8, 4) is 0 Å². The zero-order chi connectivity index (χ0) is 16.7. The van der Waals surface area contributed by atoms with Crippen LogP contribution >= 0.6 is 11.6 Å². The molecular formula is C15H24ClN3O4+2. The second-order valence-corrected chi connectivity index (χ2v) is 6.21. The Morgan fingerprint density at radius 1 is 1.22 bits per heavy atom. The molecule has 0 spiro atoms. The highest BCUT2D eigenvalue weighted by atomic mass is 35.5. The third-order valence-electron chi connectivity index (χ3n) is 4.16. The third-order valence-corrected chi connectivity index (χ3v) is 4.48. The summed E-state index contributed by atoms with van der Waals surface area (Å²) in [5.41, 5.74) is 0.930. The van der Waals surface area contributed by atoms with Crippen molar-refractivity contribution in [1.29, 1.82) is 0 Å². The van der Waals surface area contributed by atoms with Gasteiger partial charge in [0.05, 0.1) is 24.7 Å². The number of nitro benzene ring substituents is 1. The minimum absolute atomic E-state index is 0.0196. The Hall–Kier alpha value is -1.25. The second kappa shape index (κ2) is 9.14. The van der Waals surface area contributed by atoms with E-state index in [1.54, 1.807) is 12.1 Å². The van der Waals surface area contributed by atoms with Crippen LogP contribution in [0, 0.1) is 10.1 Å². The van der Waals surface area contributed by atoms with Crippen LogP contribution < -0.4 is 9.80 Å². The minimum Gasteiger partial charge on any atom is -0.394 e. The molecule has 3 N–H and O–H groups in total. The number of piperazine rings is 1. The summed E-state index contributed by atoms with van der Waals surface area (Å²) in [7, 11) is 0. The Morgan fingerprint density at radius 2 is 1.91 bits per heavy atom. The SMILES string of the molecule is O=[N+]([O-])c1cc(C[NH+]2CC[NH+](CCOCCO)CC2)ccc1Cl. The molecular weight excluding hydrogens is 322 g/mol. The van der Waals surface area contributed by atoms with Crippen molar-refractivity contribution in [2.24, 2.45) is 0 Å². The summed E-state index contributed by atoms with van der Waals surface area (Å²) in [5.74, 6) is 0. The number of nitrogens with zero attached hydrogens (tertiary/aromatic N) is 1. The van der Waals surface area contributed by atoms with Crippen molar-refractivity contribution in [3.05, 3.63) is 38.9 Å². The highest BCUT2D eigenvalue weighted by molar-refractivity contribution is 6.32. The number of nitrogens with one attached hydrogen (secondary N) is 2. The molecule has 8 heteroatoms. The standard InChI is InChI=1S/C15H22ClN3O4/c16-14-2-1-13(11-15(14)19(21)22)12-18-5-3-17(4-6-18)7-9-23-10-8-20/h1-2,11,20H,3-10,12H2/p+2. The lowest BCUT2D eigenvalue weighted by molar-refractivity contribution is -1.02. The number of ether oxygens (including phenoxy) is 1. The molecule has 1 aromatic rings. The van der Waals surface area contributed by atoms with Gasteiger partial charge in [0.25, 0.3) is 5.69 Å². The minimum atomic E-state index is -0.435. The van der Waals surface area contributed by atoms with Gasteiger partial charge in [-0.1, -0.05) is 17.7 Å². The summed E-state index contributed by atoms with van der Waals surface area (Å²) in [6.07, 6.45) is 0. The molecule has 1 saturated heterocycles. The number of quaternary nitrogens is 2. The van der Waals surface area contributed by atoms with Gasteiger partial charge in [-0.25, -0.2) is 0 Å². The summed E-state index contributed by atoms with van der Waals surface area (Å²) in [4.78, 5) is 13.4. The van der Waals surface area contributed by atoms with Crippen molar-refractivity contribution in [2.45, 2.75) is 6.54 Å². The highest BCUT2D eigenvalue weighted by Gasteiger charge is 2.23. The zero-order valence-electron chi connectivity index (χ0n) is 13.1. The summed E-state index contributed by atoms with van der Waals surface area (Å²) >= 11 is 5.84. The van der Waals surface area contributed by atoms with Crippen molar-refractivity contribution in [1.82, 2.24) is 0 Å². The molecule has 1 aliphatic heterocycles. The first kappa shape index (κ1) is 18.1. The molecule has 0 atom stereocenters. The molecule has 23 heavy (non-hydrogen) atoms. The number of benzene rings is 1. The van der Waals surface area contributed by atoms with Gasteiger partial charge < -0.3 is 19.6 Å². The third kappa shape index (κ3) is 5.71. The lowest BCUT2D eigenvalue weighted by atomic mass is 10.1. The number of aliphatic hydroxyl groups is 1. The van der Waals surface area contributed by atoms with Crippen LogP contribution in [-0.4, -0.2) is 62.6 Å². The first-order chi connectivity index (χ1) is 11.1. The molecule has 0 amide bonds. The van der Waals surface area contributed by atoms with E-state index in [-0.39, 0.29) is 17.3 Å². The molecule has 2 rings (SSSR count). The number of aliphatic hydroxyl groups excluding tert-OH is 1. The van der Waals surface area contributed by atoms with E-state index in [1.807, 2.05) is 6.07 Å². The topological polar surface area (TPSA) is 81.5 Å². The van der Waals surface area contributed by atoms with Crippen LogP contribution in [-0.2, 0) is 11.3 Å². The van der Waals surface area contributed by atoms with Gasteiger partial charge in [-0.3, -0.25) is 10.1 Å². The Morgan fingerprint density at radius 3 is 2.57 bits per heavy atom. The molecule has 0 unspecified atom stereocenters. The van der Waals surface area contributed by atoms with E-state index in [0.717, 1.165) is 44.8 Å². The van der Waals surface area contributed by atoms with E-state index in [4.69, 9.17) is 21.4 Å².